The van der Waals surface area contributed by atoms with E-state index in [0.29, 0.717) is 0 Å². The van der Waals surface area contributed by atoms with Gasteiger partial charge in [0.05, 0.1) is 16.9 Å². The van der Waals surface area contributed by atoms with E-state index >= 15 is 0 Å². The summed E-state index contributed by atoms with van der Waals surface area (Å²) in [6, 6.07) is 4.26. The Morgan fingerprint density at radius 1 is 1.32 bits per heavy atom. The molecule has 0 heterocycles. The van der Waals surface area contributed by atoms with Crippen molar-refractivity contribution < 1.29 is 24.4 Å². The number of nitrogens with zero attached hydrogens (tertiary/aromatic N) is 1. The van der Waals surface area contributed by atoms with Crippen LogP contribution in [0.1, 0.15) is 26.3 Å². The number of rotatable bonds is 5. The molecule has 1 aromatic rings. The van der Waals surface area contributed by atoms with Gasteiger partial charge in [-0.15, -0.1) is 0 Å². The van der Waals surface area contributed by atoms with E-state index in [4.69, 9.17) is 4.74 Å². The highest BCUT2D eigenvalue weighted by molar-refractivity contribution is 5.79. The number of benzene rings is 1. The first-order valence-corrected chi connectivity index (χ1v) is 6.53. The molecule has 0 aromatic heterocycles. The van der Waals surface area contributed by atoms with Crippen molar-refractivity contribution in [2.75, 3.05) is 0 Å². The van der Waals surface area contributed by atoms with Crippen LogP contribution < -0.4 is 10.4 Å². The quantitative estimate of drug-likeness (QED) is 0.633. The third-order valence-electron chi connectivity index (χ3n) is 2.59. The second-order valence-corrected chi connectivity index (χ2v) is 5.61. The lowest BCUT2D eigenvalue weighted by Crippen LogP contribution is -2.50. The highest BCUT2D eigenvalue weighted by Crippen LogP contribution is 2.19. The Balaban J connectivity index is 2.88. The lowest BCUT2D eigenvalue weighted by molar-refractivity contribution is -0.385. The number of carbonyl (C=O) groups is 2. The standard InChI is InChI=1S/C14H18N2O6/c1-14(2,3)22-13(19)15-10(12(17)18)8-9-6-4-5-7-11(9)16(20)21/h4-7,10H,8H2,1-3H3,(H,15,19)(H,17,18)/p-1/t10-/m1/s1. The number of carbonyl (C=O) groups excluding carboxylic acids is 2. The minimum Gasteiger partial charge on any atom is -0.548 e. The predicted molar refractivity (Wildman–Crippen MR) is 75.0 cm³/mol. The number of nitro benzene ring substituents is 1. The summed E-state index contributed by atoms with van der Waals surface area (Å²) < 4.78 is 4.96. The number of hydrogen-bond acceptors (Lipinski definition) is 6. The van der Waals surface area contributed by atoms with E-state index in [0.717, 1.165) is 0 Å². The maximum Gasteiger partial charge on any atom is 0.408 e. The van der Waals surface area contributed by atoms with Crippen LogP contribution in [0.3, 0.4) is 0 Å². The van der Waals surface area contributed by atoms with Crippen molar-refractivity contribution in [1.29, 1.82) is 0 Å². The summed E-state index contributed by atoms with van der Waals surface area (Å²) in [7, 11) is 0. The number of nitrogens with one attached hydrogen (secondary N) is 1. The summed E-state index contributed by atoms with van der Waals surface area (Å²) in [5.41, 5.74) is -0.836. The molecule has 1 aromatic carbocycles. The van der Waals surface area contributed by atoms with Crippen LogP contribution >= 0.6 is 0 Å². The molecule has 0 aliphatic heterocycles. The Morgan fingerprint density at radius 3 is 2.41 bits per heavy atom. The Kier molecular flexibility index (Phi) is 5.44. The average molecular weight is 309 g/mol. The fraction of sp³-hybridized carbons (Fsp3) is 0.429. The number of nitro groups is 1. The van der Waals surface area contributed by atoms with Crippen LogP contribution in [-0.4, -0.2) is 28.6 Å². The molecule has 0 saturated carbocycles. The lowest BCUT2D eigenvalue weighted by atomic mass is 10.0. The number of aliphatic carboxylic acids is 1. The molecular weight excluding hydrogens is 292 g/mol. The molecular formula is C14H17N2O6-. The molecule has 1 amide bonds. The molecule has 0 aliphatic rings. The second-order valence-electron chi connectivity index (χ2n) is 5.61. The van der Waals surface area contributed by atoms with E-state index < -0.39 is 28.6 Å². The van der Waals surface area contributed by atoms with Gasteiger partial charge in [0.25, 0.3) is 5.69 Å². The number of ether oxygens (including phenoxy) is 1. The SMILES string of the molecule is CC(C)(C)OC(=O)N[C@H](Cc1ccccc1[N+](=O)[O-])C(=O)[O-]. The van der Waals surface area contributed by atoms with Gasteiger partial charge in [-0.25, -0.2) is 4.79 Å². The summed E-state index contributed by atoms with van der Waals surface area (Å²) in [4.78, 5) is 33.1. The van der Waals surface area contributed by atoms with Crippen LogP contribution in [0, 0.1) is 10.1 Å². The molecule has 1 atom stereocenters. The molecule has 0 bridgehead atoms. The fourth-order valence-electron chi connectivity index (χ4n) is 1.72. The Hall–Kier alpha value is -2.64. The highest BCUT2D eigenvalue weighted by atomic mass is 16.6. The molecule has 8 nitrogen and oxygen atoms in total. The molecule has 0 radical (unpaired) electrons. The smallest absolute Gasteiger partial charge is 0.408 e. The van der Waals surface area contributed by atoms with Crippen LogP contribution in [-0.2, 0) is 16.0 Å². The average Bonchev–Trinajstić information content (AvgIpc) is 2.35. The van der Waals surface area contributed by atoms with Gasteiger partial charge in [-0.3, -0.25) is 10.1 Å². The maximum atomic E-state index is 11.6. The monoisotopic (exact) mass is 309 g/mol. The summed E-state index contributed by atoms with van der Waals surface area (Å²) in [5.74, 6) is -1.55. The third-order valence-corrected chi connectivity index (χ3v) is 2.59. The molecule has 120 valence electrons. The van der Waals surface area contributed by atoms with Gasteiger partial charge in [0.2, 0.25) is 0 Å². The van der Waals surface area contributed by atoms with Gasteiger partial charge in [-0.2, -0.15) is 0 Å². The number of hydrogen-bond donors (Lipinski definition) is 1. The highest BCUT2D eigenvalue weighted by Gasteiger charge is 2.23. The first-order valence-electron chi connectivity index (χ1n) is 6.53. The topological polar surface area (TPSA) is 122 Å². The summed E-state index contributed by atoms with van der Waals surface area (Å²) in [6.45, 7) is 4.88. The van der Waals surface area contributed by atoms with Gasteiger partial charge >= 0.3 is 6.09 Å². The third kappa shape index (κ3) is 5.39. The molecule has 1 rings (SSSR count). The number of amides is 1. The minimum atomic E-state index is -1.55. The van der Waals surface area contributed by atoms with Gasteiger partial charge in [-0.05, 0) is 20.8 Å². The molecule has 0 unspecified atom stereocenters. The van der Waals surface area contributed by atoms with E-state index in [2.05, 4.69) is 5.32 Å². The van der Waals surface area contributed by atoms with Crippen LogP contribution in [0.5, 0.6) is 0 Å². The van der Waals surface area contributed by atoms with Crippen LogP contribution in [0.25, 0.3) is 0 Å². The number of carboxylic acid groups (broad SMARTS) is 1. The molecule has 0 fully saturated rings. The maximum absolute atomic E-state index is 11.6. The van der Waals surface area contributed by atoms with Crippen molar-refractivity contribution in [1.82, 2.24) is 5.32 Å². The number of alkyl carbamates (subject to hydrolysis) is 1. The zero-order valence-electron chi connectivity index (χ0n) is 12.5. The van der Waals surface area contributed by atoms with Gasteiger partial charge in [0.15, 0.2) is 0 Å². The van der Waals surface area contributed by atoms with Crippen LogP contribution in [0.2, 0.25) is 0 Å². The molecule has 8 heteroatoms. The molecule has 0 spiro atoms. The van der Waals surface area contributed by atoms with Crippen molar-refractivity contribution in [3.05, 3.63) is 39.9 Å². The Bertz CT molecular complexity index is 579. The lowest BCUT2D eigenvalue weighted by Gasteiger charge is -2.24. The predicted octanol–water partition coefficient (Wildman–Crippen LogP) is 0.780. The first-order chi connectivity index (χ1) is 10.1. The van der Waals surface area contributed by atoms with Crippen molar-refractivity contribution >= 4 is 17.7 Å². The molecule has 1 N–H and O–H groups in total. The molecule has 0 aliphatic carbocycles. The van der Waals surface area contributed by atoms with E-state index in [1.165, 1.54) is 18.2 Å². The Labute approximate surface area is 127 Å². The number of carboxylic acids is 1. The van der Waals surface area contributed by atoms with Crippen molar-refractivity contribution in [2.45, 2.75) is 38.8 Å². The fourth-order valence-corrected chi connectivity index (χ4v) is 1.72. The van der Waals surface area contributed by atoms with E-state index in [-0.39, 0.29) is 17.7 Å². The van der Waals surface area contributed by atoms with Crippen molar-refractivity contribution in [2.24, 2.45) is 0 Å². The zero-order chi connectivity index (χ0) is 16.9. The summed E-state index contributed by atoms with van der Waals surface area (Å²) in [6.07, 6.45) is -1.21. The zero-order valence-corrected chi connectivity index (χ0v) is 12.5. The summed E-state index contributed by atoms with van der Waals surface area (Å²) >= 11 is 0. The van der Waals surface area contributed by atoms with Crippen LogP contribution in [0.4, 0.5) is 10.5 Å². The molecule has 22 heavy (non-hydrogen) atoms. The van der Waals surface area contributed by atoms with Crippen LogP contribution in [0.15, 0.2) is 24.3 Å². The van der Waals surface area contributed by atoms with E-state index in [1.54, 1.807) is 26.8 Å². The number of para-hydroxylation sites is 1. The second kappa shape index (κ2) is 6.88. The largest absolute Gasteiger partial charge is 0.548 e. The van der Waals surface area contributed by atoms with Crippen molar-refractivity contribution in [3.63, 3.8) is 0 Å². The first kappa shape index (κ1) is 17.4. The molecule has 0 saturated heterocycles. The van der Waals surface area contributed by atoms with Gasteiger partial charge < -0.3 is 20.0 Å². The van der Waals surface area contributed by atoms with Gasteiger partial charge in [-0.1, -0.05) is 18.2 Å². The van der Waals surface area contributed by atoms with Gasteiger partial charge in [0, 0.05) is 18.1 Å². The van der Waals surface area contributed by atoms with Crippen molar-refractivity contribution in [3.8, 4) is 0 Å². The van der Waals surface area contributed by atoms with E-state index in [1.807, 2.05) is 0 Å². The van der Waals surface area contributed by atoms with E-state index in [9.17, 15) is 24.8 Å². The minimum absolute atomic E-state index is 0.178. The summed E-state index contributed by atoms with van der Waals surface area (Å²) in [5, 5.41) is 24.2. The normalized spacial score (nSPS) is 12.3. The Morgan fingerprint density at radius 2 is 1.91 bits per heavy atom. The van der Waals surface area contributed by atoms with Gasteiger partial charge in [0.1, 0.15) is 5.60 Å².